The van der Waals surface area contributed by atoms with Crippen LogP contribution in [0.3, 0.4) is 0 Å². The van der Waals surface area contributed by atoms with Crippen LogP contribution in [0.5, 0.6) is 5.75 Å². The van der Waals surface area contributed by atoms with Crippen LogP contribution in [0.2, 0.25) is 0 Å². The average Bonchev–Trinajstić information content (AvgIpc) is 2.91. The number of ether oxygens (including phenoxy) is 1. The molecule has 194 valence electrons. The highest BCUT2D eigenvalue weighted by atomic mass is 16.5. The van der Waals surface area contributed by atoms with Gasteiger partial charge in [-0.15, -0.1) is 0 Å². The predicted octanol–water partition coefficient (Wildman–Crippen LogP) is 3.62. The van der Waals surface area contributed by atoms with Crippen LogP contribution >= 0.6 is 0 Å². The lowest BCUT2D eigenvalue weighted by Gasteiger charge is -2.36. The highest BCUT2D eigenvalue weighted by Crippen LogP contribution is 2.29. The van der Waals surface area contributed by atoms with Gasteiger partial charge in [-0.05, 0) is 41.1 Å². The Hall–Kier alpha value is -3.26. The molecule has 0 radical (unpaired) electrons. The summed E-state index contributed by atoms with van der Waals surface area (Å²) in [7, 11) is 0. The second-order valence-electron chi connectivity index (χ2n) is 10.3. The van der Waals surface area contributed by atoms with Gasteiger partial charge in [0, 0.05) is 62.3 Å². The molecule has 1 fully saturated rings. The second-order valence-corrected chi connectivity index (χ2v) is 10.3. The van der Waals surface area contributed by atoms with Gasteiger partial charge < -0.3 is 9.84 Å². The molecule has 0 unspecified atom stereocenters. The zero-order valence-electron chi connectivity index (χ0n) is 21.6. The van der Waals surface area contributed by atoms with Gasteiger partial charge in [-0.3, -0.25) is 24.3 Å². The van der Waals surface area contributed by atoms with Crippen LogP contribution in [0, 0.1) is 0 Å². The average molecular weight is 502 g/mol. The van der Waals surface area contributed by atoms with Crippen molar-refractivity contribution in [3.05, 3.63) is 77.4 Å². The first-order chi connectivity index (χ1) is 17.9. The molecule has 2 amide bonds. The number of benzene rings is 3. The van der Waals surface area contributed by atoms with Gasteiger partial charge in [0.1, 0.15) is 18.5 Å². The summed E-state index contributed by atoms with van der Waals surface area (Å²) in [5.74, 6) is 0.824. The van der Waals surface area contributed by atoms with Crippen molar-refractivity contribution in [1.82, 2.24) is 14.7 Å². The number of β-amino-alcohol motifs (C(OH)–C–C–N with tert-alkyl or cyclic N) is 1. The van der Waals surface area contributed by atoms with Crippen LogP contribution in [-0.2, 0) is 0 Å². The van der Waals surface area contributed by atoms with Gasteiger partial charge in [0.15, 0.2) is 0 Å². The van der Waals surface area contributed by atoms with Gasteiger partial charge in [0.2, 0.25) is 0 Å². The fourth-order valence-electron chi connectivity index (χ4n) is 5.21. The van der Waals surface area contributed by atoms with E-state index >= 15 is 0 Å². The van der Waals surface area contributed by atoms with Crippen molar-refractivity contribution in [3.63, 3.8) is 0 Å². The number of imide groups is 1. The number of nitrogens with zero attached hydrogens (tertiary/aromatic N) is 3. The molecule has 0 saturated carbocycles. The van der Waals surface area contributed by atoms with Crippen LogP contribution < -0.4 is 4.74 Å². The minimum Gasteiger partial charge on any atom is -0.491 e. The maximum Gasteiger partial charge on any atom is 0.261 e. The third kappa shape index (κ3) is 5.54. The number of carbonyl (C=O) groups is 2. The fraction of sp³-hybridized carbons (Fsp3) is 0.400. The normalized spacial score (nSPS) is 17.6. The Morgan fingerprint density at radius 1 is 0.811 bits per heavy atom. The highest BCUT2D eigenvalue weighted by molar-refractivity contribution is 6.25. The van der Waals surface area contributed by atoms with E-state index < -0.39 is 6.10 Å². The van der Waals surface area contributed by atoms with Crippen molar-refractivity contribution in [1.29, 1.82) is 0 Å². The molecule has 0 spiro atoms. The summed E-state index contributed by atoms with van der Waals surface area (Å²) in [4.78, 5) is 32.1. The molecule has 0 bridgehead atoms. The molecule has 7 nitrogen and oxygen atoms in total. The van der Waals surface area contributed by atoms with Gasteiger partial charge >= 0.3 is 0 Å². The first kappa shape index (κ1) is 25.4. The van der Waals surface area contributed by atoms with Gasteiger partial charge in [0.25, 0.3) is 11.8 Å². The summed E-state index contributed by atoms with van der Waals surface area (Å²) in [6.07, 6.45) is -0.567. The molecule has 2 heterocycles. The van der Waals surface area contributed by atoms with E-state index in [2.05, 4.69) is 35.8 Å². The van der Waals surface area contributed by atoms with E-state index in [4.69, 9.17) is 4.74 Å². The van der Waals surface area contributed by atoms with E-state index in [1.807, 2.05) is 48.5 Å². The van der Waals surface area contributed by atoms with Crippen LogP contribution in [0.1, 0.15) is 46.0 Å². The quantitative estimate of drug-likeness (QED) is 0.452. The summed E-state index contributed by atoms with van der Waals surface area (Å²) in [5, 5.41) is 12.2. The number of aliphatic hydroxyl groups excluding tert-OH is 1. The smallest absolute Gasteiger partial charge is 0.261 e. The Labute approximate surface area is 218 Å². The standard InChI is InChI=1S/C30H35N3O4/c1-21(2)22-9-11-25(12-10-22)37-20-24(34)19-32-15-13-31(14-16-32)17-18-33-29(35)26-7-3-5-23-6-4-8-27(28(23)26)30(33)36/h3-12,21,24,34H,13-20H2,1-2H3/t24-/m1/s1. The molecule has 2 aliphatic heterocycles. The zero-order chi connectivity index (χ0) is 25.9. The van der Waals surface area contributed by atoms with Crippen molar-refractivity contribution in [3.8, 4) is 5.75 Å². The van der Waals surface area contributed by atoms with Crippen molar-refractivity contribution in [2.24, 2.45) is 0 Å². The molecule has 3 aromatic rings. The Kier molecular flexibility index (Phi) is 7.55. The topological polar surface area (TPSA) is 73.3 Å². The van der Waals surface area contributed by atoms with Gasteiger partial charge in [0.05, 0.1) is 0 Å². The minimum absolute atomic E-state index is 0.213. The Bertz CT molecular complexity index is 1210. The molecule has 1 N–H and O–H groups in total. The molecule has 7 heteroatoms. The summed E-state index contributed by atoms with van der Waals surface area (Å²) in [6, 6.07) is 19.3. The van der Waals surface area contributed by atoms with Crippen LogP contribution in [0.4, 0.5) is 0 Å². The lowest BCUT2D eigenvalue weighted by Crippen LogP contribution is -2.51. The number of carbonyl (C=O) groups excluding carboxylic acids is 2. The first-order valence-corrected chi connectivity index (χ1v) is 13.1. The maximum atomic E-state index is 13.1. The third-order valence-electron chi connectivity index (χ3n) is 7.42. The minimum atomic E-state index is -0.567. The number of hydrogen-bond acceptors (Lipinski definition) is 6. The number of piperazine rings is 1. The molecule has 1 saturated heterocycles. The van der Waals surface area contributed by atoms with Crippen LogP contribution in [0.25, 0.3) is 10.8 Å². The molecular formula is C30H35N3O4. The van der Waals surface area contributed by atoms with Crippen molar-refractivity contribution in [2.45, 2.75) is 25.9 Å². The molecule has 1 atom stereocenters. The summed E-state index contributed by atoms with van der Waals surface area (Å²) < 4.78 is 5.78. The van der Waals surface area contributed by atoms with Gasteiger partial charge in [-0.1, -0.05) is 50.2 Å². The van der Waals surface area contributed by atoms with Crippen molar-refractivity contribution in [2.75, 3.05) is 52.4 Å². The Morgan fingerprint density at radius 3 is 2.00 bits per heavy atom. The number of hydrogen-bond donors (Lipinski definition) is 1. The van der Waals surface area contributed by atoms with E-state index in [0.717, 1.165) is 42.7 Å². The summed E-state index contributed by atoms with van der Waals surface area (Å²) in [5.41, 5.74) is 2.47. The molecule has 5 rings (SSSR count). The molecule has 3 aromatic carbocycles. The SMILES string of the molecule is CC(C)c1ccc(OC[C@H](O)CN2CCN(CCN3C(=O)c4cccc5cccc(c45)C3=O)CC2)cc1. The predicted molar refractivity (Wildman–Crippen MR) is 144 cm³/mol. The summed E-state index contributed by atoms with van der Waals surface area (Å²) in [6.45, 7) is 9.44. The molecular weight excluding hydrogens is 466 g/mol. The van der Waals surface area contributed by atoms with Crippen molar-refractivity contribution < 1.29 is 19.4 Å². The molecule has 37 heavy (non-hydrogen) atoms. The molecule has 0 aromatic heterocycles. The lowest BCUT2D eigenvalue weighted by molar-refractivity contribution is 0.0416. The maximum absolute atomic E-state index is 13.1. The number of amides is 2. The summed E-state index contributed by atoms with van der Waals surface area (Å²) >= 11 is 0. The van der Waals surface area contributed by atoms with E-state index in [1.165, 1.54) is 10.5 Å². The number of aliphatic hydroxyl groups is 1. The van der Waals surface area contributed by atoms with E-state index in [-0.39, 0.29) is 18.4 Å². The first-order valence-electron chi connectivity index (χ1n) is 13.1. The van der Waals surface area contributed by atoms with Crippen molar-refractivity contribution >= 4 is 22.6 Å². The Morgan fingerprint density at radius 2 is 1.41 bits per heavy atom. The molecule has 2 aliphatic rings. The lowest BCUT2D eigenvalue weighted by atomic mass is 9.94. The monoisotopic (exact) mass is 501 g/mol. The largest absolute Gasteiger partial charge is 0.491 e. The van der Waals surface area contributed by atoms with Gasteiger partial charge in [-0.25, -0.2) is 0 Å². The van der Waals surface area contributed by atoms with E-state index in [0.29, 0.717) is 36.7 Å². The van der Waals surface area contributed by atoms with Crippen LogP contribution in [-0.4, -0.2) is 90.1 Å². The zero-order valence-corrected chi connectivity index (χ0v) is 21.6. The third-order valence-corrected chi connectivity index (χ3v) is 7.42. The van der Waals surface area contributed by atoms with E-state index in [1.54, 1.807) is 0 Å². The van der Waals surface area contributed by atoms with Gasteiger partial charge in [-0.2, -0.15) is 0 Å². The number of rotatable bonds is 9. The fourth-order valence-corrected chi connectivity index (χ4v) is 5.21. The molecule has 0 aliphatic carbocycles. The Balaban J connectivity index is 1.07. The second kappa shape index (κ2) is 11.0. The highest BCUT2D eigenvalue weighted by Gasteiger charge is 2.33. The van der Waals surface area contributed by atoms with Crippen LogP contribution in [0.15, 0.2) is 60.7 Å². The van der Waals surface area contributed by atoms with E-state index in [9.17, 15) is 14.7 Å².